The largest absolute Gasteiger partial charge is 0.326 e. The summed E-state index contributed by atoms with van der Waals surface area (Å²) >= 11 is 1.52. The molecule has 0 unspecified atom stereocenters. The Kier molecular flexibility index (Phi) is 5.05. The van der Waals surface area contributed by atoms with Gasteiger partial charge in [0.2, 0.25) is 5.91 Å². The first-order valence-electron chi connectivity index (χ1n) is 5.14. The Balaban J connectivity index is 2.51. The van der Waals surface area contributed by atoms with Crippen LogP contribution in [0.5, 0.6) is 0 Å². The fourth-order valence-electron chi connectivity index (χ4n) is 1.10. The zero-order valence-electron chi connectivity index (χ0n) is 9.45. The van der Waals surface area contributed by atoms with Crippen molar-refractivity contribution in [2.75, 3.05) is 11.1 Å². The summed E-state index contributed by atoms with van der Waals surface area (Å²) in [6, 6.07) is 7.47. The van der Waals surface area contributed by atoms with Gasteiger partial charge in [-0.3, -0.25) is 9.59 Å². The number of benzene rings is 1. The summed E-state index contributed by atoms with van der Waals surface area (Å²) in [5.41, 5.74) is 0.777. The number of carbonyl (C=O) groups excluding carboxylic acids is 2. The Morgan fingerprint density at radius 1 is 1.25 bits per heavy atom. The molecular formula is C12H15NO2S. The zero-order chi connectivity index (χ0) is 12.0. The first kappa shape index (κ1) is 12.8. The second-order valence-corrected chi connectivity index (χ2v) is 4.44. The summed E-state index contributed by atoms with van der Waals surface area (Å²) in [6.07, 6.45) is 0.580. The summed E-state index contributed by atoms with van der Waals surface area (Å²) in [5, 5.41) is 2.69. The number of hydrogen-bond donors (Lipinski definition) is 1. The van der Waals surface area contributed by atoms with Crippen LogP contribution in [0.4, 0.5) is 5.69 Å². The second-order valence-electron chi connectivity index (χ2n) is 3.39. The van der Waals surface area contributed by atoms with Crippen molar-refractivity contribution in [2.45, 2.75) is 25.2 Å². The zero-order valence-corrected chi connectivity index (χ0v) is 10.3. The minimum atomic E-state index is -0.0819. The predicted octanol–water partition coefficient (Wildman–Crippen LogP) is 2.72. The number of Topliss-reactive ketones (excluding diaryl/α,β-unsaturated/α-hetero) is 1. The predicted molar refractivity (Wildman–Crippen MR) is 66.8 cm³/mol. The van der Waals surface area contributed by atoms with Gasteiger partial charge in [-0.05, 0) is 24.3 Å². The monoisotopic (exact) mass is 237 g/mol. The highest BCUT2D eigenvalue weighted by molar-refractivity contribution is 8.00. The van der Waals surface area contributed by atoms with E-state index in [0.717, 1.165) is 10.6 Å². The Morgan fingerprint density at radius 3 is 2.38 bits per heavy atom. The summed E-state index contributed by atoms with van der Waals surface area (Å²) in [7, 11) is 0. The van der Waals surface area contributed by atoms with E-state index in [4.69, 9.17) is 0 Å². The van der Waals surface area contributed by atoms with Gasteiger partial charge in [-0.1, -0.05) is 6.92 Å². The highest BCUT2D eigenvalue weighted by atomic mass is 32.2. The average Bonchev–Trinajstić information content (AvgIpc) is 2.27. The van der Waals surface area contributed by atoms with Crippen LogP contribution in [-0.4, -0.2) is 17.4 Å². The lowest BCUT2D eigenvalue weighted by molar-refractivity contribution is -0.116. The van der Waals surface area contributed by atoms with Crippen molar-refractivity contribution in [3.05, 3.63) is 24.3 Å². The van der Waals surface area contributed by atoms with E-state index in [2.05, 4.69) is 5.32 Å². The number of anilines is 1. The second kappa shape index (κ2) is 6.33. The molecule has 16 heavy (non-hydrogen) atoms. The van der Waals surface area contributed by atoms with Gasteiger partial charge in [0.1, 0.15) is 5.78 Å². The lowest BCUT2D eigenvalue weighted by Crippen LogP contribution is -2.05. The van der Waals surface area contributed by atoms with Crippen LogP contribution in [0.15, 0.2) is 29.2 Å². The molecule has 1 rings (SSSR count). The molecule has 86 valence electrons. The standard InChI is InChI=1S/C12H15NO2S/c1-3-11(15)8-16-12-6-4-10(5-7-12)13-9(2)14/h4-7H,3,8H2,1-2H3,(H,13,14). The summed E-state index contributed by atoms with van der Waals surface area (Å²) in [5.74, 6) is 0.674. The van der Waals surface area contributed by atoms with Crippen molar-refractivity contribution in [1.82, 2.24) is 0 Å². The topological polar surface area (TPSA) is 46.2 Å². The van der Waals surface area contributed by atoms with Gasteiger partial charge >= 0.3 is 0 Å². The van der Waals surface area contributed by atoms with Gasteiger partial charge in [-0.2, -0.15) is 0 Å². The molecule has 0 aliphatic carbocycles. The van der Waals surface area contributed by atoms with Crippen LogP contribution >= 0.6 is 11.8 Å². The van der Waals surface area contributed by atoms with Crippen LogP contribution in [0, 0.1) is 0 Å². The average molecular weight is 237 g/mol. The third kappa shape index (κ3) is 4.49. The van der Waals surface area contributed by atoms with E-state index < -0.39 is 0 Å². The molecule has 0 fully saturated rings. The van der Waals surface area contributed by atoms with E-state index in [-0.39, 0.29) is 11.7 Å². The van der Waals surface area contributed by atoms with Crippen molar-refractivity contribution in [3.8, 4) is 0 Å². The molecule has 3 nitrogen and oxygen atoms in total. The van der Waals surface area contributed by atoms with E-state index in [1.54, 1.807) is 0 Å². The van der Waals surface area contributed by atoms with E-state index in [9.17, 15) is 9.59 Å². The lowest BCUT2D eigenvalue weighted by atomic mass is 10.3. The summed E-state index contributed by atoms with van der Waals surface area (Å²) < 4.78 is 0. The van der Waals surface area contributed by atoms with E-state index in [1.807, 2.05) is 31.2 Å². The smallest absolute Gasteiger partial charge is 0.221 e. The minimum Gasteiger partial charge on any atom is -0.326 e. The van der Waals surface area contributed by atoms with Gasteiger partial charge in [0, 0.05) is 23.9 Å². The maximum atomic E-state index is 11.1. The lowest BCUT2D eigenvalue weighted by Gasteiger charge is -2.03. The van der Waals surface area contributed by atoms with Crippen molar-refractivity contribution in [2.24, 2.45) is 0 Å². The number of rotatable bonds is 5. The Labute approximate surface area is 99.6 Å². The maximum Gasteiger partial charge on any atom is 0.221 e. The van der Waals surface area contributed by atoms with Gasteiger partial charge in [0.15, 0.2) is 0 Å². The number of hydrogen-bond acceptors (Lipinski definition) is 3. The number of thioether (sulfide) groups is 1. The molecule has 4 heteroatoms. The molecule has 1 aromatic rings. The first-order valence-corrected chi connectivity index (χ1v) is 6.12. The third-order valence-corrected chi connectivity index (χ3v) is 3.04. The molecule has 0 saturated carbocycles. The minimum absolute atomic E-state index is 0.0819. The Morgan fingerprint density at radius 2 is 1.88 bits per heavy atom. The normalized spacial score (nSPS) is 9.88. The molecular weight excluding hydrogens is 222 g/mol. The van der Waals surface area contributed by atoms with Crippen molar-refractivity contribution in [3.63, 3.8) is 0 Å². The molecule has 0 heterocycles. The number of nitrogens with one attached hydrogen (secondary N) is 1. The fourth-order valence-corrected chi connectivity index (χ4v) is 1.96. The molecule has 0 bridgehead atoms. The van der Waals surface area contributed by atoms with Gasteiger partial charge < -0.3 is 5.32 Å². The molecule has 0 aromatic heterocycles. The van der Waals surface area contributed by atoms with Gasteiger partial charge in [-0.15, -0.1) is 11.8 Å². The van der Waals surface area contributed by atoms with Crippen LogP contribution < -0.4 is 5.32 Å². The van der Waals surface area contributed by atoms with Crippen molar-refractivity contribution >= 4 is 29.1 Å². The highest BCUT2D eigenvalue weighted by Gasteiger charge is 2.01. The Hall–Kier alpha value is -1.29. The number of ketones is 1. The van der Waals surface area contributed by atoms with Gasteiger partial charge in [0.05, 0.1) is 5.75 Å². The molecule has 0 radical (unpaired) electrons. The van der Waals surface area contributed by atoms with E-state index in [1.165, 1.54) is 18.7 Å². The van der Waals surface area contributed by atoms with Crippen LogP contribution in [0.25, 0.3) is 0 Å². The quantitative estimate of drug-likeness (QED) is 0.801. The van der Waals surface area contributed by atoms with Crippen LogP contribution in [0.1, 0.15) is 20.3 Å². The fraction of sp³-hybridized carbons (Fsp3) is 0.333. The number of amides is 1. The molecule has 1 amide bonds. The van der Waals surface area contributed by atoms with Crippen LogP contribution in [0.2, 0.25) is 0 Å². The molecule has 0 aliphatic rings. The third-order valence-electron chi connectivity index (χ3n) is 1.97. The van der Waals surface area contributed by atoms with Crippen molar-refractivity contribution < 1.29 is 9.59 Å². The van der Waals surface area contributed by atoms with Crippen LogP contribution in [-0.2, 0) is 9.59 Å². The van der Waals surface area contributed by atoms with Crippen LogP contribution in [0.3, 0.4) is 0 Å². The summed E-state index contributed by atoms with van der Waals surface area (Å²) in [6.45, 7) is 3.34. The van der Waals surface area contributed by atoms with E-state index in [0.29, 0.717) is 12.2 Å². The van der Waals surface area contributed by atoms with Gasteiger partial charge in [0.25, 0.3) is 0 Å². The Bertz CT molecular complexity index is 373. The first-order chi connectivity index (χ1) is 7.61. The van der Waals surface area contributed by atoms with E-state index >= 15 is 0 Å². The molecule has 0 aliphatic heterocycles. The highest BCUT2D eigenvalue weighted by Crippen LogP contribution is 2.20. The molecule has 1 aromatic carbocycles. The summed E-state index contributed by atoms with van der Waals surface area (Å²) in [4.78, 5) is 22.9. The molecule has 0 atom stereocenters. The van der Waals surface area contributed by atoms with Crippen molar-refractivity contribution in [1.29, 1.82) is 0 Å². The molecule has 1 N–H and O–H groups in total. The SMILES string of the molecule is CCC(=O)CSc1ccc(NC(C)=O)cc1. The molecule has 0 saturated heterocycles. The number of carbonyl (C=O) groups is 2. The maximum absolute atomic E-state index is 11.1. The van der Waals surface area contributed by atoms with Gasteiger partial charge in [-0.25, -0.2) is 0 Å². The molecule has 0 spiro atoms.